The first-order valence-electron chi connectivity index (χ1n) is 5.24. The zero-order chi connectivity index (χ0) is 13.3. The summed E-state index contributed by atoms with van der Waals surface area (Å²) in [7, 11) is 0. The summed E-state index contributed by atoms with van der Waals surface area (Å²) >= 11 is 3.18. The summed E-state index contributed by atoms with van der Waals surface area (Å²) in [4.78, 5) is 16.0. The van der Waals surface area contributed by atoms with Gasteiger partial charge in [-0.1, -0.05) is 0 Å². The second-order valence-electron chi connectivity index (χ2n) is 3.92. The van der Waals surface area contributed by atoms with Gasteiger partial charge in [-0.15, -0.1) is 0 Å². The molecule has 0 bridgehead atoms. The van der Waals surface area contributed by atoms with E-state index < -0.39 is 0 Å². The zero-order valence-electron chi connectivity index (χ0n) is 9.65. The Kier molecular flexibility index (Phi) is 3.47. The summed E-state index contributed by atoms with van der Waals surface area (Å²) in [6, 6.07) is 4.08. The van der Waals surface area contributed by atoms with Crippen molar-refractivity contribution in [3.63, 3.8) is 0 Å². The highest BCUT2D eigenvalue weighted by atomic mass is 79.9. The molecule has 0 atom stereocenters. The lowest BCUT2D eigenvalue weighted by molar-refractivity contribution is 0.622. The summed E-state index contributed by atoms with van der Waals surface area (Å²) < 4.78 is 14.9. The molecule has 0 fully saturated rings. The fourth-order valence-corrected chi connectivity index (χ4v) is 1.88. The van der Waals surface area contributed by atoms with Crippen LogP contribution in [-0.2, 0) is 6.54 Å². The van der Waals surface area contributed by atoms with Crippen LogP contribution in [0.5, 0.6) is 0 Å². The number of anilines is 1. The van der Waals surface area contributed by atoms with Gasteiger partial charge < -0.3 is 5.73 Å². The maximum absolute atomic E-state index is 13.1. The lowest BCUT2D eigenvalue weighted by atomic mass is 10.2. The van der Waals surface area contributed by atoms with Crippen LogP contribution in [0, 0.1) is 12.7 Å². The van der Waals surface area contributed by atoms with Crippen molar-refractivity contribution in [3.8, 4) is 0 Å². The molecule has 2 N–H and O–H groups in total. The largest absolute Gasteiger partial charge is 0.398 e. The first-order valence-corrected chi connectivity index (χ1v) is 6.04. The highest BCUT2D eigenvalue weighted by molar-refractivity contribution is 9.10. The van der Waals surface area contributed by atoms with Crippen LogP contribution in [-0.4, -0.2) is 9.55 Å². The van der Waals surface area contributed by atoms with Crippen molar-refractivity contribution in [1.29, 1.82) is 0 Å². The Morgan fingerprint density at radius 3 is 2.94 bits per heavy atom. The van der Waals surface area contributed by atoms with Crippen molar-refractivity contribution in [1.82, 2.24) is 9.55 Å². The monoisotopic (exact) mass is 311 g/mol. The van der Waals surface area contributed by atoms with E-state index in [4.69, 9.17) is 5.73 Å². The standard InChI is InChI=1S/C12H11BrFN3O/c1-7-11(13)12(18)17(6-16-7)5-8-4-9(14)2-3-10(8)15/h2-4,6H,5,15H2,1H3. The molecule has 94 valence electrons. The number of nitrogens with two attached hydrogens (primary N) is 1. The predicted octanol–water partition coefficient (Wildman–Crippen LogP) is 2.08. The van der Waals surface area contributed by atoms with Crippen LogP contribution in [0.4, 0.5) is 10.1 Å². The number of rotatable bonds is 2. The third kappa shape index (κ3) is 2.43. The van der Waals surface area contributed by atoms with Gasteiger partial charge in [-0.2, -0.15) is 0 Å². The van der Waals surface area contributed by atoms with Crippen LogP contribution in [0.25, 0.3) is 0 Å². The van der Waals surface area contributed by atoms with E-state index in [1.807, 2.05) is 0 Å². The van der Waals surface area contributed by atoms with Gasteiger partial charge in [0.05, 0.1) is 18.6 Å². The maximum Gasteiger partial charge on any atom is 0.268 e. The molecule has 1 aromatic heterocycles. The Hall–Kier alpha value is -1.69. The molecule has 0 aliphatic heterocycles. The minimum Gasteiger partial charge on any atom is -0.398 e. The van der Waals surface area contributed by atoms with Crippen LogP contribution in [0.3, 0.4) is 0 Å². The lowest BCUT2D eigenvalue weighted by Gasteiger charge is -2.09. The summed E-state index contributed by atoms with van der Waals surface area (Å²) in [6.07, 6.45) is 1.42. The van der Waals surface area contributed by atoms with Gasteiger partial charge in [0.1, 0.15) is 10.3 Å². The molecule has 2 rings (SSSR count). The van der Waals surface area contributed by atoms with E-state index in [1.54, 1.807) is 6.92 Å². The van der Waals surface area contributed by atoms with Gasteiger partial charge in [-0.3, -0.25) is 9.36 Å². The lowest BCUT2D eigenvalue weighted by Crippen LogP contribution is -2.23. The van der Waals surface area contributed by atoms with Crippen molar-refractivity contribution in [2.75, 3.05) is 5.73 Å². The molecule has 1 heterocycles. The third-order valence-electron chi connectivity index (χ3n) is 2.60. The minimum atomic E-state index is -0.383. The van der Waals surface area contributed by atoms with Gasteiger partial charge in [0, 0.05) is 5.69 Å². The van der Waals surface area contributed by atoms with Crippen LogP contribution >= 0.6 is 15.9 Å². The molecule has 18 heavy (non-hydrogen) atoms. The fourth-order valence-electron chi connectivity index (χ4n) is 1.55. The minimum absolute atomic E-state index is 0.189. The van der Waals surface area contributed by atoms with Crippen LogP contribution < -0.4 is 11.3 Å². The number of aromatic nitrogens is 2. The van der Waals surface area contributed by atoms with Crippen LogP contribution in [0.2, 0.25) is 0 Å². The predicted molar refractivity (Wildman–Crippen MR) is 70.8 cm³/mol. The summed E-state index contributed by atoms with van der Waals surface area (Å²) in [6.45, 7) is 1.92. The van der Waals surface area contributed by atoms with E-state index in [0.717, 1.165) is 0 Å². The first kappa shape index (κ1) is 12.8. The fraction of sp³-hybridized carbons (Fsp3) is 0.167. The average Bonchev–Trinajstić information content (AvgIpc) is 2.34. The average molecular weight is 312 g/mol. The Morgan fingerprint density at radius 1 is 1.50 bits per heavy atom. The van der Waals surface area contributed by atoms with Crippen molar-refractivity contribution >= 4 is 21.6 Å². The number of hydrogen-bond donors (Lipinski definition) is 1. The van der Waals surface area contributed by atoms with Crippen molar-refractivity contribution in [2.24, 2.45) is 0 Å². The SMILES string of the molecule is Cc1ncn(Cc2cc(F)ccc2N)c(=O)c1Br. The van der Waals surface area contributed by atoms with E-state index in [0.29, 0.717) is 21.4 Å². The second kappa shape index (κ2) is 4.89. The van der Waals surface area contributed by atoms with E-state index >= 15 is 0 Å². The van der Waals surface area contributed by atoms with Crippen molar-refractivity contribution in [3.05, 3.63) is 56.4 Å². The van der Waals surface area contributed by atoms with Gasteiger partial charge in [-0.05, 0) is 46.6 Å². The van der Waals surface area contributed by atoms with Gasteiger partial charge >= 0.3 is 0 Å². The van der Waals surface area contributed by atoms with Crippen molar-refractivity contribution < 1.29 is 4.39 Å². The summed E-state index contributed by atoms with van der Waals surface area (Å²) in [5, 5.41) is 0. The van der Waals surface area contributed by atoms with Gasteiger partial charge in [-0.25, -0.2) is 9.37 Å². The van der Waals surface area contributed by atoms with Gasteiger partial charge in [0.2, 0.25) is 0 Å². The number of aryl methyl sites for hydroxylation is 1. The van der Waals surface area contributed by atoms with Gasteiger partial charge in [0.15, 0.2) is 0 Å². The Balaban J connectivity index is 2.44. The third-order valence-corrected chi connectivity index (χ3v) is 3.52. The van der Waals surface area contributed by atoms with Crippen LogP contribution in [0.15, 0.2) is 33.8 Å². The Bertz CT molecular complexity index is 654. The highest BCUT2D eigenvalue weighted by Crippen LogP contribution is 2.15. The molecule has 0 saturated heterocycles. The summed E-state index contributed by atoms with van der Waals surface area (Å²) in [5.41, 5.74) is 7.13. The zero-order valence-corrected chi connectivity index (χ0v) is 11.2. The van der Waals surface area contributed by atoms with E-state index in [2.05, 4.69) is 20.9 Å². The van der Waals surface area contributed by atoms with E-state index in [9.17, 15) is 9.18 Å². The Morgan fingerprint density at radius 2 is 2.22 bits per heavy atom. The molecule has 0 radical (unpaired) electrons. The van der Waals surface area contributed by atoms with E-state index in [-0.39, 0.29) is 17.9 Å². The first-order chi connectivity index (χ1) is 8.49. The van der Waals surface area contributed by atoms with Crippen molar-refractivity contribution in [2.45, 2.75) is 13.5 Å². The molecular formula is C12H11BrFN3O. The molecule has 1 aromatic carbocycles. The Labute approximate surface area is 111 Å². The maximum atomic E-state index is 13.1. The topological polar surface area (TPSA) is 60.9 Å². The molecule has 0 saturated carbocycles. The normalized spacial score (nSPS) is 10.6. The summed E-state index contributed by atoms with van der Waals surface area (Å²) in [5.74, 6) is -0.383. The molecule has 0 aliphatic carbocycles. The van der Waals surface area contributed by atoms with E-state index in [1.165, 1.54) is 29.1 Å². The number of benzene rings is 1. The van der Waals surface area contributed by atoms with Gasteiger partial charge in [0.25, 0.3) is 5.56 Å². The second-order valence-corrected chi connectivity index (χ2v) is 4.71. The molecule has 0 aliphatic rings. The molecule has 0 spiro atoms. The molecule has 4 nitrogen and oxygen atoms in total. The molecule has 0 unspecified atom stereocenters. The quantitative estimate of drug-likeness (QED) is 0.864. The number of hydrogen-bond acceptors (Lipinski definition) is 3. The molecule has 2 aromatic rings. The molecule has 6 heteroatoms. The number of nitrogens with zero attached hydrogens (tertiary/aromatic N) is 2. The molecule has 0 amide bonds. The van der Waals surface area contributed by atoms with Crippen LogP contribution in [0.1, 0.15) is 11.3 Å². The number of halogens is 2. The smallest absolute Gasteiger partial charge is 0.268 e. The number of nitrogen functional groups attached to an aromatic ring is 1. The molecular weight excluding hydrogens is 301 g/mol. The highest BCUT2D eigenvalue weighted by Gasteiger charge is 2.08.